The van der Waals surface area contributed by atoms with Gasteiger partial charge >= 0.3 is 5.97 Å². The van der Waals surface area contributed by atoms with E-state index in [4.69, 9.17) is 9.47 Å². The number of aromatic amines is 1. The topological polar surface area (TPSA) is 135 Å². The Kier molecular flexibility index (Phi) is 8.06. The highest BCUT2D eigenvalue weighted by Gasteiger charge is 2.29. The van der Waals surface area contributed by atoms with Gasteiger partial charge in [-0.1, -0.05) is 38.1 Å². The first-order valence-electron chi connectivity index (χ1n) is 11.9. The van der Waals surface area contributed by atoms with Gasteiger partial charge in [-0.25, -0.2) is 13.2 Å². The third-order valence-corrected chi connectivity index (χ3v) is 8.04. The number of aromatic nitrogens is 1. The van der Waals surface area contributed by atoms with Crippen LogP contribution in [-0.4, -0.2) is 74.3 Å². The van der Waals surface area contributed by atoms with Crippen LogP contribution in [0.5, 0.6) is 0 Å². The zero-order valence-corrected chi connectivity index (χ0v) is 21.4. The van der Waals surface area contributed by atoms with Crippen molar-refractivity contribution >= 4 is 38.6 Å². The van der Waals surface area contributed by atoms with E-state index in [0.717, 1.165) is 10.9 Å². The molecule has 1 aliphatic rings. The Morgan fingerprint density at radius 2 is 1.81 bits per heavy atom. The highest BCUT2D eigenvalue weighted by atomic mass is 32.2. The number of ether oxygens (including phenoxy) is 2. The number of H-pyrrole nitrogens is 1. The number of hydrogen-bond donors (Lipinski definition) is 2. The second kappa shape index (κ2) is 11.2. The zero-order valence-electron chi connectivity index (χ0n) is 20.6. The monoisotopic (exact) mass is 527 g/mol. The molecule has 1 amide bonds. The molecule has 1 aromatic heterocycles. The highest BCUT2D eigenvalue weighted by molar-refractivity contribution is 7.89. The molecule has 0 aliphatic carbocycles. The first-order valence-corrected chi connectivity index (χ1v) is 13.4. The lowest BCUT2D eigenvalue weighted by molar-refractivity contribution is -0.145. The van der Waals surface area contributed by atoms with Crippen LogP contribution in [0.3, 0.4) is 0 Å². The molecule has 0 saturated carbocycles. The summed E-state index contributed by atoms with van der Waals surface area (Å²) in [7, 11) is -3.79. The number of ketones is 1. The van der Waals surface area contributed by atoms with Gasteiger partial charge in [-0.3, -0.25) is 9.59 Å². The van der Waals surface area contributed by atoms with Gasteiger partial charge in [-0.15, -0.1) is 0 Å². The average Bonchev–Trinajstić information content (AvgIpc) is 3.35. The number of fused-ring (bicyclic) bond motifs is 1. The van der Waals surface area contributed by atoms with Crippen LogP contribution in [0.15, 0.2) is 59.6 Å². The van der Waals surface area contributed by atoms with Gasteiger partial charge in [0.05, 0.1) is 18.1 Å². The third-order valence-electron chi connectivity index (χ3n) is 6.15. The lowest BCUT2D eigenvalue weighted by Crippen LogP contribution is -2.45. The van der Waals surface area contributed by atoms with Crippen LogP contribution in [0.2, 0.25) is 0 Å². The number of benzene rings is 2. The van der Waals surface area contributed by atoms with E-state index < -0.39 is 34.5 Å². The summed E-state index contributed by atoms with van der Waals surface area (Å²) in [6.07, 6.45) is 1.57. The number of morpholine rings is 1. The molecule has 2 aromatic carbocycles. The van der Waals surface area contributed by atoms with E-state index >= 15 is 0 Å². The Hall–Kier alpha value is -3.54. The minimum atomic E-state index is -3.79. The van der Waals surface area contributed by atoms with Crippen molar-refractivity contribution < 1.29 is 32.3 Å². The fourth-order valence-corrected chi connectivity index (χ4v) is 5.52. The molecule has 3 aromatic rings. The number of nitrogens with zero attached hydrogens (tertiary/aromatic N) is 1. The second-order valence-corrected chi connectivity index (χ2v) is 11.0. The molecular formula is C26H29N3O7S. The summed E-state index contributed by atoms with van der Waals surface area (Å²) in [6.45, 7) is 4.06. The number of para-hydroxylation sites is 1. The number of esters is 1. The summed E-state index contributed by atoms with van der Waals surface area (Å²) in [5.41, 5.74) is 1.29. The lowest BCUT2D eigenvalue weighted by Gasteiger charge is -2.26. The second-order valence-electron chi connectivity index (χ2n) is 9.02. The summed E-state index contributed by atoms with van der Waals surface area (Å²) >= 11 is 0. The maximum absolute atomic E-state index is 13.0. The predicted octanol–water partition coefficient (Wildman–Crippen LogP) is 2.37. The summed E-state index contributed by atoms with van der Waals surface area (Å²) in [4.78, 5) is 41.4. The fourth-order valence-electron chi connectivity index (χ4n) is 4.06. The maximum Gasteiger partial charge on any atom is 0.329 e. The third kappa shape index (κ3) is 5.90. The van der Waals surface area contributed by atoms with E-state index in [0.29, 0.717) is 18.8 Å². The maximum atomic E-state index is 13.0. The summed E-state index contributed by atoms with van der Waals surface area (Å²) in [5.74, 6) is -2.10. The van der Waals surface area contributed by atoms with E-state index in [1.54, 1.807) is 26.1 Å². The summed E-state index contributed by atoms with van der Waals surface area (Å²) in [6, 6.07) is 11.9. The van der Waals surface area contributed by atoms with E-state index in [1.165, 1.54) is 28.6 Å². The molecule has 37 heavy (non-hydrogen) atoms. The average molecular weight is 528 g/mol. The number of Topliss-reactive ketones (excluding diaryl/α,β-unsaturated/α-hetero) is 1. The van der Waals surface area contributed by atoms with Crippen LogP contribution in [0.4, 0.5) is 0 Å². The molecule has 1 fully saturated rings. The first kappa shape index (κ1) is 26.5. The van der Waals surface area contributed by atoms with E-state index in [2.05, 4.69) is 10.3 Å². The number of carbonyl (C=O) groups is 3. The summed E-state index contributed by atoms with van der Waals surface area (Å²) in [5, 5.41) is 3.35. The van der Waals surface area contributed by atoms with Crippen LogP contribution in [0, 0.1) is 5.92 Å². The standard InChI is InChI=1S/C26H29N3O7S/c1-17(2)24(26(32)36-16-23(30)21-15-27-22-9-4-3-8-20(21)22)28-25(31)18-6-5-7-19(14-18)37(33,34)29-10-12-35-13-11-29/h3-9,14-15,17,24,27H,10-13,16H2,1-2H3,(H,28,31)/t24-/m0/s1. The number of hydrogen-bond acceptors (Lipinski definition) is 7. The Labute approximate surface area is 215 Å². The number of carbonyl (C=O) groups excluding carboxylic acids is 3. The molecule has 1 saturated heterocycles. The molecule has 1 aliphatic heterocycles. The number of amides is 1. The molecule has 0 unspecified atom stereocenters. The van der Waals surface area contributed by atoms with Crippen molar-refractivity contribution in [3.05, 3.63) is 65.9 Å². The minimum Gasteiger partial charge on any atom is -0.456 e. The van der Waals surface area contributed by atoms with Crippen LogP contribution in [0.1, 0.15) is 34.6 Å². The van der Waals surface area contributed by atoms with Crippen molar-refractivity contribution in [1.82, 2.24) is 14.6 Å². The quantitative estimate of drug-likeness (QED) is 0.322. The molecule has 0 bridgehead atoms. The van der Waals surface area contributed by atoms with Crippen LogP contribution < -0.4 is 5.32 Å². The van der Waals surface area contributed by atoms with Gasteiger partial charge < -0.3 is 19.8 Å². The molecule has 2 N–H and O–H groups in total. The Morgan fingerprint density at radius 3 is 2.54 bits per heavy atom. The van der Waals surface area contributed by atoms with Gasteiger partial charge in [0.25, 0.3) is 5.91 Å². The van der Waals surface area contributed by atoms with Crippen molar-refractivity contribution in [2.75, 3.05) is 32.9 Å². The van der Waals surface area contributed by atoms with Gasteiger partial charge in [0.1, 0.15) is 6.04 Å². The van der Waals surface area contributed by atoms with E-state index in [-0.39, 0.29) is 35.2 Å². The smallest absolute Gasteiger partial charge is 0.329 e. The molecule has 2 heterocycles. The van der Waals surface area contributed by atoms with Crippen molar-refractivity contribution in [1.29, 1.82) is 0 Å². The summed E-state index contributed by atoms with van der Waals surface area (Å²) < 4.78 is 37.7. The van der Waals surface area contributed by atoms with Crippen molar-refractivity contribution in [2.45, 2.75) is 24.8 Å². The number of rotatable bonds is 9. The van der Waals surface area contributed by atoms with Crippen molar-refractivity contribution in [3.8, 4) is 0 Å². The van der Waals surface area contributed by atoms with Gasteiger partial charge in [0.15, 0.2) is 6.61 Å². The SMILES string of the molecule is CC(C)[C@H](NC(=O)c1cccc(S(=O)(=O)N2CCOCC2)c1)C(=O)OCC(=O)c1c[nH]c2ccccc12. The van der Waals surface area contributed by atoms with Crippen molar-refractivity contribution in [3.63, 3.8) is 0 Å². The van der Waals surface area contributed by atoms with Gasteiger partial charge in [-0.05, 0) is 30.2 Å². The Balaban J connectivity index is 1.42. The molecule has 0 spiro atoms. The van der Waals surface area contributed by atoms with Gasteiger partial charge in [0.2, 0.25) is 15.8 Å². The normalized spacial score (nSPS) is 15.4. The molecule has 1 atom stereocenters. The highest BCUT2D eigenvalue weighted by Crippen LogP contribution is 2.20. The van der Waals surface area contributed by atoms with Gasteiger partial charge in [0, 0.05) is 41.3 Å². The van der Waals surface area contributed by atoms with Crippen LogP contribution in [-0.2, 0) is 24.3 Å². The molecule has 11 heteroatoms. The number of nitrogens with one attached hydrogen (secondary N) is 2. The molecule has 4 rings (SSSR count). The predicted molar refractivity (Wildman–Crippen MR) is 136 cm³/mol. The largest absolute Gasteiger partial charge is 0.456 e. The van der Waals surface area contributed by atoms with Crippen molar-refractivity contribution in [2.24, 2.45) is 5.92 Å². The molecule has 196 valence electrons. The lowest BCUT2D eigenvalue weighted by atomic mass is 10.0. The van der Waals surface area contributed by atoms with Crippen LogP contribution >= 0.6 is 0 Å². The first-order chi connectivity index (χ1) is 17.7. The van der Waals surface area contributed by atoms with E-state index in [1.807, 2.05) is 18.2 Å². The fraction of sp³-hybridized carbons (Fsp3) is 0.346. The Morgan fingerprint density at radius 1 is 1.08 bits per heavy atom. The molecule has 10 nitrogen and oxygen atoms in total. The minimum absolute atomic E-state index is 0.0185. The Bertz CT molecular complexity index is 1410. The zero-order chi connectivity index (χ0) is 26.6. The van der Waals surface area contributed by atoms with E-state index in [9.17, 15) is 22.8 Å². The molecular weight excluding hydrogens is 498 g/mol. The number of sulfonamides is 1. The van der Waals surface area contributed by atoms with Gasteiger partial charge in [-0.2, -0.15) is 4.31 Å². The molecule has 0 radical (unpaired) electrons. The van der Waals surface area contributed by atoms with Crippen LogP contribution in [0.25, 0.3) is 10.9 Å².